The van der Waals surface area contributed by atoms with Crippen LogP contribution in [0.4, 0.5) is 4.39 Å². The highest BCUT2D eigenvalue weighted by Crippen LogP contribution is 2.14. The molecule has 17 heavy (non-hydrogen) atoms. The zero-order valence-corrected chi connectivity index (χ0v) is 11.4. The van der Waals surface area contributed by atoms with Crippen molar-refractivity contribution in [3.05, 3.63) is 35.1 Å². The van der Waals surface area contributed by atoms with Gasteiger partial charge in [-0.3, -0.25) is 4.90 Å². The average molecular weight is 254 g/mol. The maximum Gasteiger partial charge on any atom is 0.123 e. The summed E-state index contributed by atoms with van der Waals surface area (Å²) >= 11 is 4.94. The highest BCUT2D eigenvalue weighted by molar-refractivity contribution is 7.80. The molecule has 0 aromatic heterocycles. The standard InChI is InChI=1S/C13H19FN2S/c1-9(2)16(8-13(15)17)7-11-4-5-12(14)6-10(11)3/h4-6,9H,7-8H2,1-3H3,(H2,15,17). The lowest BCUT2D eigenvalue weighted by atomic mass is 10.1. The molecule has 0 unspecified atom stereocenters. The van der Waals surface area contributed by atoms with Crippen LogP contribution in [0.3, 0.4) is 0 Å². The predicted octanol–water partition coefficient (Wildman–Crippen LogP) is 2.63. The Hall–Kier alpha value is -1.00. The first-order valence-corrected chi connectivity index (χ1v) is 6.08. The summed E-state index contributed by atoms with van der Waals surface area (Å²) in [5, 5.41) is 0. The molecule has 0 bridgehead atoms. The van der Waals surface area contributed by atoms with E-state index in [-0.39, 0.29) is 5.82 Å². The fraction of sp³-hybridized carbons (Fsp3) is 0.462. The molecule has 0 spiro atoms. The van der Waals surface area contributed by atoms with Gasteiger partial charge >= 0.3 is 0 Å². The smallest absolute Gasteiger partial charge is 0.123 e. The molecule has 0 fully saturated rings. The van der Waals surface area contributed by atoms with Gasteiger partial charge < -0.3 is 5.73 Å². The Morgan fingerprint density at radius 2 is 2.12 bits per heavy atom. The van der Waals surface area contributed by atoms with Crippen LogP contribution in [0.5, 0.6) is 0 Å². The molecule has 4 heteroatoms. The number of halogens is 1. The molecule has 0 heterocycles. The van der Waals surface area contributed by atoms with E-state index < -0.39 is 0 Å². The van der Waals surface area contributed by atoms with E-state index in [2.05, 4.69) is 18.7 Å². The van der Waals surface area contributed by atoms with E-state index >= 15 is 0 Å². The Morgan fingerprint density at radius 1 is 1.47 bits per heavy atom. The fourth-order valence-electron chi connectivity index (χ4n) is 1.68. The van der Waals surface area contributed by atoms with Crippen molar-refractivity contribution in [3.8, 4) is 0 Å². The van der Waals surface area contributed by atoms with Gasteiger partial charge in [0, 0.05) is 19.1 Å². The van der Waals surface area contributed by atoms with E-state index in [1.54, 1.807) is 6.07 Å². The Morgan fingerprint density at radius 3 is 2.59 bits per heavy atom. The number of hydrogen-bond donors (Lipinski definition) is 1. The van der Waals surface area contributed by atoms with Crippen molar-refractivity contribution in [3.63, 3.8) is 0 Å². The van der Waals surface area contributed by atoms with Crippen molar-refractivity contribution < 1.29 is 4.39 Å². The quantitative estimate of drug-likeness (QED) is 0.819. The third kappa shape index (κ3) is 4.40. The van der Waals surface area contributed by atoms with Crippen molar-refractivity contribution >= 4 is 17.2 Å². The number of thiocarbonyl (C=S) groups is 1. The molecular formula is C13H19FN2S. The van der Waals surface area contributed by atoms with Crippen LogP contribution in [-0.2, 0) is 6.54 Å². The predicted molar refractivity (Wildman–Crippen MR) is 73.5 cm³/mol. The van der Waals surface area contributed by atoms with Crippen LogP contribution in [0, 0.1) is 12.7 Å². The molecule has 1 aromatic rings. The SMILES string of the molecule is Cc1cc(F)ccc1CN(CC(N)=S)C(C)C. The first-order valence-electron chi connectivity index (χ1n) is 5.67. The second kappa shape index (κ2) is 6.07. The second-order valence-electron chi connectivity index (χ2n) is 4.54. The lowest BCUT2D eigenvalue weighted by molar-refractivity contribution is 0.245. The first kappa shape index (κ1) is 14.1. The summed E-state index contributed by atoms with van der Waals surface area (Å²) < 4.78 is 13.0. The van der Waals surface area contributed by atoms with Gasteiger partial charge in [-0.15, -0.1) is 0 Å². The van der Waals surface area contributed by atoms with Crippen LogP contribution in [0.25, 0.3) is 0 Å². The van der Waals surface area contributed by atoms with Gasteiger partial charge in [0.25, 0.3) is 0 Å². The Kier molecular flexibility index (Phi) is 5.02. The highest BCUT2D eigenvalue weighted by Gasteiger charge is 2.12. The van der Waals surface area contributed by atoms with Crippen LogP contribution >= 0.6 is 12.2 Å². The normalized spacial score (nSPS) is 11.2. The van der Waals surface area contributed by atoms with E-state index in [9.17, 15) is 4.39 Å². The topological polar surface area (TPSA) is 29.3 Å². The minimum Gasteiger partial charge on any atom is -0.392 e. The van der Waals surface area contributed by atoms with Gasteiger partial charge in [-0.2, -0.15) is 0 Å². The summed E-state index contributed by atoms with van der Waals surface area (Å²) in [6.45, 7) is 7.43. The van der Waals surface area contributed by atoms with Gasteiger partial charge in [-0.1, -0.05) is 18.3 Å². The third-order valence-electron chi connectivity index (χ3n) is 2.77. The summed E-state index contributed by atoms with van der Waals surface area (Å²) in [6.07, 6.45) is 0. The number of rotatable bonds is 5. The van der Waals surface area contributed by atoms with Gasteiger partial charge in [0.05, 0.1) is 4.99 Å². The molecular weight excluding hydrogens is 235 g/mol. The van der Waals surface area contributed by atoms with Gasteiger partial charge in [0.1, 0.15) is 5.82 Å². The van der Waals surface area contributed by atoms with Crippen LogP contribution in [0.15, 0.2) is 18.2 Å². The summed E-state index contributed by atoms with van der Waals surface area (Å²) in [5.74, 6) is -0.198. The Bertz CT molecular complexity index is 404. The van der Waals surface area contributed by atoms with Crippen molar-refractivity contribution in [2.75, 3.05) is 6.54 Å². The highest BCUT2D eigenvalue weighted by atomic mass is 32.1. The molecule has 2 nitrogen and oxygen atoms in total. The summed E-state index contributed by atoms with van der Waals surface area (Å²) in [5.41, 5.74) is 7.64. The van der Waals surface area contributed by atoms with E-state index in [0.29, 0.717) is 17.6 Å². The minimum atomic E-state index is -0.198. The molecule has 94 valence electrons. The molecule has 0 atom stereocenters. The monoisotopic (exact) mass is 254 g/mol. The lowest BCUT2D eigenvalue weighted by Gasteiger charge is -2.26. The fourth-order valence-corrected chi connectivity index (χ4v) is 1.84. The molecule has 0 saturated heterocycles. The van der Waals surface area contributed by atoms with Crippen LogP contribution in [-0.4, -0.2) is 22.5 Å². The second-order valence-corrected chi connectivity index (χ2v) is 5.06. The number of nitrogens with zero attached hydrogens (tertiary/aromatic N) is 1. The van der Waals surface area contributed by atoms with Crippen LogP contribution < -0.4 is 5.73 Å². The molecule has 0 aliphatic carbocycles. The number of hydrogen-bond acceptors (Lipinski definition) is 2. The van der Waals surface area contributed by atoms with E-state index in [4.69, 9.17) is 18.0 Å². The largest absolute Gasteiger partial charge is 0.392 e. The molecule has 0 amide bonds. The molecule has 0 radical (unpaired) electrons. The zero-order valence-electron chi connectivity index (χ0n) is 10.5. The van der Waals surface area contributed by atoms with E-state index in [0.717, 1.165) is 17.7 Å². The third-order valence-corrected chi connectivity index (χ3v) is 2.90. The van der Waals surface area contributed by atoms with Crippen molar-refractivity contribution in [1.82, 2.24) is 4.90 Å². The minimum absolute atomic E-state index is 0.198. The Balaban J connectivity index is 2.82. The maximum atomic E-state index is 13.0. The van der Waals surface area contributed by atoms with E-state index in [1.165, 1.54) is 6.07 Å². The summed E-state index contributed by atoms with van der Waals surface area (Å²) in [7, 11) is 0. The zero-order chi connectivity index (χ0) is 13.0. The van der Waals surface area contributed by atoms with Gasteiger partial charge in [-0.05, 0) is 44.0 Å². The van der Waals surface area contributed by atoms with E-state index in [1.807, 2.05) is 13.0 Å². The van der Waals surface area contributed by atoms with Crippen molar-refractivity contribution in [2.24, 2.45) is 5.73 Å². The maximum absolute atomic E-state index is 13.0. The number of benzene rings is 1. The first-order chi connectivity index (χ1) is 7.90. The Labute approximate surface area is 108 Å². The summed E-state index contributed by atoms with van der Waals surface area (Å²) in [6, 6.07) is 5.21. The molecule has 0 aliphatic heterocycles. The number of nitrogens with two attached hydrogens (primary N) is 1. The van der Waals surface area contributed by atoms with Gasteiger partial charge in [0.15, 0.2) is 0 Å². The van der Waals surface area contributed by atoms with Crippen LogP contribution in [0.2, 0.25) is 0 Å². The van der Waals surface area contributed by atoms with Gasteiger partial charge in [-0.25, -0.2) is 4.39 Å². The van der Waals surface area contributed by atoms with Crippen LogP contribution in [0.1, 0.15) is 25.0 Å². The van der Waals surface area contributed by atoms with Gasteiger partial charge in [0.2, 0.25) is 0 Å². The molecule has 0 saturated carbocycles. The average Bonchev–Trinajstić information content (AvgIpc) is 2.19. The van der Waals surface area contributed by atoms with Crippen molar-refractivity contribution in [2.45, 2.75) is 33.4 Å². The molecule has 0 aliphatic rings. The van der Waals surface area contributed by atoms with Crippen molar-refractivity contribution in [1.29, 1.82) is 0 Å². The molecule has 1 rings (SSSR count). The lowest BCUT2D eigenvalue weighted by Crippen LogP contribution is -2.37. The number of aryl methyl sites for hydroxylation is 1. The summed E-state index contributed by atoms with van der Waals surface area (Å²) in [4.78, 5) is 2.65. The molecule has 1 aromatic carbocycles. The molecule has 2 N–H and O–H groups in total.